The summed E-state index contributed by atoms with van der Waals surface area (Å²) in [6.07, 6.45) is 6.11. The lowest BCUT2D eigenvalue weighted by atomic mass is 10.1. The molecule has 0 fully saturated rings. The normalized spacial score (nSPS) is 10.5. The van der Waals surface area contributed by atoms with Gasteiger partial charge in [-0.25, -0.2) is 0 Å². The van der Waals surface area contributed by atoms with Crippen molar-refractivity contribution < 1.29 is 14.3 Å². The highest BCUT2D eigenvalue weighted by Gasteiger charge is 2.07. The van der Waals surface area contributed by atoms with Gasteiger partial charge in [0.15, 0.2) is 6.61 Å². The first-order chi connectivity index (χ1) is 13.1. The Balaban J connectivity index is 1.72. The highest BCUT2D eigenvalue weighted by atomic mass is 16.5. The molecular weight excluding hydrogens is 338 g/mol. The summed E-state index contributed by atoms with van der Waals surface area (Å²) < 4.78 is 11.4. The minimum absolute atomic E-state index is 0.0136. The van der Waals surface area contributed by atoms with Gasteiger partial charge in [-0.15, -0.1) is 0 Å². The minimum atomic E-state index is -0.180. The van der Waals surface area contributed by atoms with Crippen molar-refractivity contribution in [2.45, 2.75) is 52.9 Å². The summed E-state index contributed by atoms with van der Waals surface area (Å²) in [6, 6.07) is 13.3. The molecule has 0 saturated carbocycles. The molecule has 0 aliphatic heterocycles. The summed E-state index contributed by atoms with van der Waals surface area (Å²) in [5.41, 5.74) is 2.94. The van der Waals surface area contributed by atoms with Gasteiger partial charge in [-0.1, -0.05) is 44.7 Å². The number of anilines is 1. The predicted molar refractivity (Wildman–Crippen MR) is 111 cm³/mol. The number of carbonyl (C=O) groups excluding carboxylic acids is 1. The zero-order valence-corrected chi connectivity index (χ0v) is 16.7. The van der Waals surface area contributed by atoms with E-state index < -0.39 is 0 Å². The lowest BCUT2D eigenvalue weighted by Crippen LogP contribution is -2.20. The average molecular weight is 370 g/mol. The van der Waals surface area contributed by atoms with Gasteiger partial charge in [0, 0.05) is 5.69 Å². The molecule has 0 aromatic heterocycles. The third-order valence-corrected chi connectivity index (χ3v) is 4.57. The van der Waals surface area contributed by atoms with Crippen LogP contribution in [0, 0.1) is 13.8 Å². The fourth-order valence-corrected chi connectivity index (χ4v) is 2.75. The van der Waals surface area contributed by atoms with Crippen LogP contribution in [-0.2, 0) is 4.79 Å². The molecule has 0 radical (unpaired) electrons. The first-order valence-electron chi connectivity index (χ1n) is 9.82. The van der Waals surface area contributed by atoms with Crippen molar-refractivity contribution in [3.8, 4) is 11.5 Å². The Morgan fingerprint density at radius 1 is 0.926 bits per heavy atom. The van der Waals surface area contributed by atoms with Crippen LogP contribution in [0.2, 0.25) is 0 Å². The van der Waals surface area contributed by atoms with E-state index in [1.54, 1.807) is 0 Å². The molecule has 0 saturated heterocycles. The number of nitrogens with one attached hydrogen (secondary N) is 1. The monoisotopic (exact) mass is 369 g/mol. The van der Waals surface area contributed by atoms with Crippen LogP contribution in [0.3, 0.4) is 0 Å². The van der Waals surface area contributed by atoms with E-state index in [0.717, 1.165) is 41.3 Å². The number of ether oxygens (including phenoxy) is 2. The zero-order chi connectivity index (χ0) is 19.5. The molecule has 146 valence electrons. The smallest absolute Gasteiger partial charge is 0.262 e. The summed E-state index contributed by atoms with van der Waals surface area (Å²) in [5.74, 6) is 1.39. The summed E-state index contributed by atoms with van der Waals surface area (Å²) in [7, 11) is 0. The van der Waals surface area contributed by atoms with Crippen LogP contribution < -0.4 is 14.8 Å². The molecule has 0 aliphatic carbocycles. The van der Waals surface area contributed by atoms with Crippen molar-refractivity contribution in [2.24, 2.45) is 0 Å². The average Bonchev–Trinajstić information content (AvgIpc) is 2.67. The number of unbranched alkanes of at least 4 members (excludes halogenated alkanes) is 4. The second-order valence-corrected chi connectivity index (χ2v) is 6.82. The fourth-order valence-electron chi connectivity index (χ4n) is 2.75. The Morgan fingerprint density at radius 2 is 1.67 bits per heavy atom. The van der Waals surface area contributed by atoms with E-state index in [9.17, 15) is 4.79 Å². The van der Waals surface area contributed by atoms with E-state index >= 15 is 0 Å². The van der Waals surface area contributed by atoms with Crippen molar-refractivity contribution in [1.29, 1.82) is 0 Å². The molecule has 1 N–H and O–H groups in total. The first-order valence-corrected chi connectivity index (χ1v) is 9.82. The van der Waals surface area contributed by atoms with Crippen LogP contribution in [-0.4, -0.2) is 19.1 Å². The molecule has 0 aliphatic rings. The van der Waals surface area contributed by atoms with Gasteiger partial charge < -0.3 is 14.8 Å². The largest absolute Gasteiger partial charge is 0.494 e. The Kier molecular flexibility index (Phi) is 8.69. The van der Waals surface area contributed by atoms with Gasteiger partial charge in [0.1, 0.15) is 11.5 Å². The molecule has 2 aromatic carbocycles. The predicted octanol–water partition coefficient (Wildman–Crippen LogP) is 5.67. The summed E-state index contributed by atoms with van der Waals surface area (Å²) in [6.45, 7) is 6.95. The van der Waals surface area contributed by atoms with Crippen LogP contribution in [0.15, 0.2) is 42.5 Å². The van der Waals surface area contributed by atoms with Crippen LogP contribution in [0.25, 0.3) is 0 Å². The van der Waals surface area contributed by atoms with Crippen molar-refractivity contribution in [2.75, 3.05) is 18.5 Å². The molecule has 0 atom stereocenters. The van der Waals surface area contributed by atoms with Gasteiger partial charge in [0.2, 0.25) is 0 Å². The zero-order valence-electron chi connectivity index (χ0n) is 16.7. The molecule has 1 amide bonds. The summed E-state index contributed by atoms with van der Waals surface area (Å²) in [4.78, 5) is 12.1. The Bertz CT molecular complexity index is 710. The molecule has 2 rings (SSSR count). The van der Waals surface area contributed by atoms with Gasteiger partial charge in [0.05, 0.1) is 6.61 Å². The molecule has 0 heterocycles. The molecule has 0 spiro atoms. The van der Waals surface area contributed by atoms with Crippen LogP contribution in [0.1, 0.15) is 50.2 Å². The van der Waals surface area contributed by atoms with Crippen molar-refractivity contribution in [1.82, 2.24) is 0 Å². The molecule has 27 heavy (non-hydrogen) atoms. The van der Waals surface area contributed by atoms with E-state index in [1.807, 2.05) is 56.3 Å². The van der Waals surface area contributed by atoms with E-state index in [2.05, 4.69) is 12.2 Å². The maximum Gasteiger partial charge on any atom is 0.262 e. The standard InChI is InChI=1S/C23H31NO3/c1-4-5-6-7-8-16-26-21-14-12-20(13-15-21)24-23(25)17-27-22-11-9-10-18(2)19(22)3/h9-15H,4-8,16-17H2,1-3H3,(H,24,25). The molecule has 2 aromatic rings. The third kappa shape index (κ3) is 7.33. The van der Waals surface area contributed by atoms with E-state index in [-0.39, 0.29) is 12.5 Å². The van der Waals surface area contributed by atoms with Crippen LogP contribution in [0.4, 0.5) is 5.69 Å². The van der Waals surface area contributed by atoms with Crippen LogP contribution in [0.5, 0.6) is 11.5 Å². The van der Waals surface area contributed by atoms with Gasteiger partial charge in [0.25, 0.3) is 5.91 Å². The summed E-state index contributed by atoms with van der Waals surface area (Å²) >= 11 is 0. The van der Waals surface area contributed by atoms with Crippen molar-refractivity contribution in [3.63, 3.8) is 0 Å². The first kappa shape index (κ1) is 20.8. The number of rotatable bonds is 11. The topological polar surface area (TPSA) is 47.6 Å². The van der Waals surface area contributed by atoms with Gasteiger partial charge in [-0.3, -0.25) is 4.79 Å². The van der Waals surface area contributed by atoms with Crippen molar-refractivity contribution >= 4 is 11.6 Å². The highest BCUT2D eigenvalue weighted by molar-refractivity contribution is 5.91. The Hall–Kier alpha value is -2.49. The fraction of sp³-hybridized carbons (Fsp3) is 0.435. The maximum absolute atomic E-state index is 12.1. The Labute approximate surface area is 162 Å². The molecular formula is C23H31NO3. The van der Waals surface area contributed by atoms with Gasteiger partial charge in [-0.2, -0.15) is 0 Å². The SMILES string of the molecule is CCCCCCCOc1ccc(NC(=O)COc2cccc(C)c2C)cc1. The van der Waals surface area contributed by atoms with Crippen molar-refractivity contribution in [3.05, 3.63) is 53.6 Å². The molecule has 4 heteroatoms. The quantitative estimate of drug-likeness (QED) is 0.519. The lowest BCUT2D eigenvalue weighted by molar-refractivity contribution is -0.118. The number of hydrogen-bond donors (Lipinski definition) is 1. The Morgan fingerprint density at radius 3 is 2.41 bits per heavy atom. The van der Waals surface area contributed by atoms with E-state index in [0.29, 0.717) is 0 Å². The third-order valence-electron chi connectivity index (χ3n) is 4.57. The summed E-state index contributed by atoms with van der Waals surface area (Å²) in [5, 5.41) is 2.84. The van der Waals surface area contributed by atoms with Gasteiger partial charge >= 0.3 is 0 Å². The number of hydrogen-bond acceptors (Lipinski definition) is 3. The van der Waals surface area contributed by atoms with E-state index in [4.69, 9.17) is 9.47 Å². The van der Waals surface area contributed by atoms with Crippen LogP contribution >= 0.6 is 0 Å². The minimum Gasteiger partial charge on any atom is -0.494 e. The molecule has 0 bridgehead atoms. The second-order valence-electron chi connectivity index (χ2n) is 6.82. The molecule has 4 nitrogen and oxygen atoms in total. The number of amides is 1. The number of aryl methyl sites for hydroxylation is 1. The highest BCUT2D eigenvalue weighted by Crippen LogP contribution is 2.21. The lowest BCUT2D eigenvalue weighted by Gasteiger charge is -2.11. The second kappa shape index (κ2) is 11.3. The number of benzene rings is 2. The van der Waals surface area contributed by atoms with E-state index in [1.165, 1.54) is 25.7 Å². The maximum atomic E-state index is 12.1. The molecule has 0 unspecified atom stereocenters. The van der Waals surface area contributed by atoms with Gasteiger partial charge in [-0.05, 0) is 61.7 Å². The number of carbonyl (C=O) groups is 1.